The second-order valence-electron chi connectivity index (χ2n) is 6.05. The Labute approximate surface area is 146 Å². The summed E-state index contributed by atoms with van der Waals surface area (Å²) in [7, 11) is 0. The van der Waals surface area contributed by atoms with Gasteiger partial charge in [0.05, 0.1) is 11.4 Å². The lowest BCUT2D eigenvalue weighted by Gasteiger charge is -2.14. The monoisotopic (exact) mass is 328 g/mol. The van der Waals surface area contributed by atoms with E-state index in [1.165, 1.54) is 5.56 Å². The number of fused-ring (bicyclic) bond motifs is 1. The maximum atomic E-state index is 11.6. The van der Waals surface area contributed by atoms with E-state index in [1.54, 1.807) is 0 Å². The molecule has 0 aliphatic carbocycles. The smallest absolute Gasteiger partial charge is 0.346 e. The number of hydrogen-bond acceptors (Lipinski definition) is 2. The van der Waals surface area contributed by atoms with Gasteiger partial charge in [0.1, 0.15) is 0 Å². The van der Waals surface area contributed by atoms with Crippen molar-refractivity contribution in [3.05, 3.63) is 83.9 Å². The molecule has 3 aromatic carbocycles. The van der Waals surface area contributed by atoms with Crippen LogP contribution in [0.5, 0.6) is 0 Å². The molecule has 4 nitrogen and oxygen atoms in total. The SMILES string of the molecule is O=C1[N]c2cc(Nc3ccccc3)c(CCc3ccccc3)cc2N1. The molecule has 0 saturated carbocycles. The van der Waals surface area contributed by atoms with E-state index in [0.717, 1.165) is 35.5 Å². The average Bonchev–Trinajstić information content (AvgIpc) is 3.00. The average molecular weight is 328 g/mol. The number of hydrogen-bond donors (Lipinski definition) is 2. The molecule has 3 aromatic rings. The van der Waals surface area contributed by atoms with E-state index in [1.807, 2.05) is 48.5 Å². The molecule has 1 aliphatic rings. The first-order valence-electron chi connectivity index (χ1n) is 8.33. The summed E-state index contributed by atoms with van der Waals surface area (Å²) < 4.78 is 0. The van der Waals surface area contributed by atoms with E-state index in [4.69, 9.17) is 0 Å². The zero-order chi connectivity index (χ0) is 17.1. The lowest BCUT2D eigenvalue weighted by molar-refractivity contribution is 0.256. The summed E-state index contributed by atoms with van der Waals surface area (Å²) in [5, 5.41) is 10.3. The summed E-state index contributed by atoms with van der Waals surface area (Å²) in [5.74, 6) is 0. The first kappa shape index (κ1) is 15.3. The Morgan fingerprint density at radius 1 is 0.880 bits per heavy atom. The Kier molecular flexibility index (Phi) is 4.09. The lowest BCUT2D eigenvalue weighted by atomic mass is 10.0. The summed E-state index contributed by atoms with van der Waals surface area (Å²) in [6.07, 6.45) is 1.82. The molecule has 123 valence electrons. The van der Waals surface area contributed by atoms with Gasteiger partial charge >= 0.3 is 6.03 Å². The second kappa shape index (κ2) is 6.69. The minimum absolute atomic E-state index is 0.305. The fraction of sp³-hybridized carbons (Fsp3) is 0.0952. The number of para-hydroxylation sites is 1. The van der Waals surface area contributed by atoms with Gasteiger partial charge in [0.15, 0.2) is 0 Å². The van der Waals surface area contributed by atoms with Crippen LogP contribution in [0.15, 0.2) is 72.8 Å². The van der Waals surface area contributed by atoms with Crippen molar-refractivity contribution in [3.8, 4) is 0 Å². The number of carbonyl (C=O) groups is 1. The molecule has 4 rings (SSSR count). The Hall–Kier alpha value is -3.27. The van der Waals surface area contributed by atoms with Crippen molar-refractivity contribution in [2.75, 3.05) is 10.6 Å². The summed E-state index contributed by atoms with van der Waals surface area (Å²) in [4.78, 5) is 11.6. The maximum Gasteiger partial charge on any atom is 0.346 e. The van der Waals surface area contributed by atoms with Crippen LogP contribution in [0.1, 0.15) is 11.1 Å². The molecule has 1 radical (unpaired) electrons. The van der Waals surface area contributed by atoms with Crippen LogP contribution in [0.25, 0.3) is 0 Å². The summed E-state index contributed by atoms with van der Waals surface area (Å²) in [6, 6.07) is 24.1. The van der Waals surface area contributed by atoms with Crippen molar-refractivity contribution in [1.29, 1.82) is 0 Å². The number of urea groups is 1. The van der Waals surface area contributed by atoms with Crippen LogP contribution in [0.4, 0.5) is 27.5 Å². The fourth-order valence-electron chi connectivity index (χ4n) is 3.00. The van der Waals surface area contributed by atoms with Gasteiger partial charge in [-0.25, -0.2) is 4.79 Å². The topological polar surface area (TPSA) is 55.2 Å². The van der Waals surface area contributed by atoms with E-state index in [0.29, 0.717) is 5.69 Å². The molecule has 1 aliphatic heterocycles. The number of anilines is 3. The summed E-state index contributed by atoms with van der Waals surface area (Å²) in [6.45, 7) is 0. The normalized spacial score (nSPS) is 12.2. The molecule has 0 atom stereocenters. The fourth-order valence-corrected chi connectivity index (χ4v) is 3.00. The van der Waals surface area contributed by atoms with Gasteiger partial charge in [-0.2, -0.15) is 5.32 Å². The lowest BCUT2D eigenvalue weighted by Crippen LogP contribution is -2.08. The first-order valence-corrected chi connectivity index (χ1v) is 8.33. The van der Waals surface area contributed by atoms with Gasteiger partial charge < -0.3 is 10.6 Å². The van der Waals surface area contributed by atoms with Gasteiger partial charge in [0, 0.05) is 11.4 Å². The Bertz CT molecular complexity index is 892. The Morgan fingerprint density at radius 3 is 2.36 bits per heavy atom. The van der Waals surface area contributed by atoms with Crippen molar-refractivity contribution >= 4 is 28.8 Å². The molecule has 1 heterocycles. The maximum absolute atomic E-state index is 11.6. The zero-order valence-corrected chi connectivity index (χ0v) is 13.7. The molecule has 4 heteroatoms. The predicted octanol–water partition coefficient (Wildman–Crippen LogP) is 5.00. The van der Waals surface area contributed by atoms with Crippen molar-refractivity contribution in [1.82, 2.24) is 5.32 Å². The van der Waals surface area contributed by atoms with E-state index in [9.17, 15) is 4.79 Å². The third-order valence-corrected chi connectivity index (χ3v) is 4.26. The van der Waals surface area contributed by atoms with Gasteiger partial charge in [-0.1, -0.05) is 48.5 Å². The van der Waals surface area contributed by atoms with Crippen LogP contribution in [-0.4, -0.2) is 6.03 Å². The molecule has 0 unspecified atom stereocenters. The Balaban J connectivity index is 1.63. The van der Waals surface area contributed by atoms with Crippen LogP contribution < -0.4 is 16.0 Å². The molecular weight excluding hydrogens is 310 g/mol. The third kappa shape index (κ3) is 3.48. The highest BCUT2D eigenvalue weighted by molar-refractivity contribution is 6.03. The molecular formula is C21H18N3O. The third-order valence-electron chi connectivity index (χ3n) is 4.26. The van der Waals surface area contributed by atoms with Crippen LogP contribution in [0, 0.1) is 0 Å². The molecule has 0 saturated heterocycles. The summed E-state index contributed by atoms with van der Waals surface area (Å²) >= 11 is 0. The van der Waals surface area contributed by atoms with E-state index >= 15 is 0 Å². The number of carbonyl (C=O) groups excluding carboxylic acids is 1. The van der Waals surface area contributed by atoms with Crippen LogP contribution in [-0.2, 0) is 12.8 Å². The largest absolute Gasteiger partial charge is 0.355 e. The quantitative estimate of drug-likeness (QED) is 0.692. The number of aryl methyl sites for hydroxylation is 2. The van der Waals surface area contributed by atoms with Gasteiger partial charge in [-0.3, -0.25) is 0 Å². The van der Waals surface area contributed by atoms with Crippen LogP contribution in [0.2, 0.25) is 0 Å². The molecule has 2 N–H and O–H groups in total. The molecule has 0 aromatic heterocycles. The van der Waals surface area contributed by atoms with Crippen molar-refractivity contribution < 1.29 is 4.79 Å². The highest BCUT2D eigenvalue weighted by Gasteiger charge is 2.21. The minimum atomic E-state index is -0.305. The number of rotatable bonds is 5. The van der Waals surface area contributed by atoms with E-state index in [-0.39, 0.29) is 6.03 Å². The molecule has 0 bridgehead atoms. The van der Waals surface area contributed by atoms with Crippen LogP contribution in [0.3, 0.4) is 0 Å². The molecule has 0 spiro atoms. The minimum Gasteiger partial charge on any atom is -0.355 e. The first-order chi connectivity index (χ1) is 12.3. The van der Waals surface area contributed by atoms with Gasteiger partial charge in [-0.05, 0) is 48.2 Å². The molecule has 2 amide bonds. The highest BCUT2D eigenvalue weighted by atomic mass is 16.2. The summed E-state index contributed by atoms with van der Waals surface area (Å²) in [5.41, 5.74) is 5.92. The number of nitrogens with one attached hydrogen (secondary N) is 2. The standard InChI is InChI=1S/C21H18N3O/c25-21-23-19-13-16(12-11-15-7-3-1-4-8-15)18(14-20(19)24-21)22-17-9-5-2-6-10-17/h1-10,13-14,22H,11-12H2,(H,23,25). The number of benzene rings is 3. The van der Waals surface area contributed by atoms with Crippen molar-refractivity contribution in [2.24, 2.45) is 0 Å². The Morgan fingerprint density at radius 2 is 1.60 bits per heavy atom. The van der Waals surface area contributed by atoms with Crippen molar-refractivity contribution in [2.45, 2.75) is 12.8 Å². The van der Waals surface area contributed by atoms with Gasteiger partial charge in [0.25, 0.3) is 0 Å². The zero-order valence-electron chi connectivity index (χ0n) is 13.7. The number of amides is 2. The van der Waals surface area contributed by atoms with Crippen LogP contribution >= 0.6 is 0 Å². The number of nitrogens with zero attached hydrogens (tertiary/aromatic N) is 1. The molecule has 25 heavy (non-hydrogen) atoms. The highest BCUT2D eigenvalue weighted by Crippen LogP contribution is 2.35. The van der Waals surface area contributed by atoms with E-state index in [2.05, 4.69) is 40.2 Å². The predicted molar refractivity (Wildman–Crippen MR) is 101 cm³/mol. The van der Waals surface area contributed by atoms with Gasteiger partial charge in [0.2, 0.25) is 0 Å². The van der Waals surface area contributed by atoms with Gasteiger partial charge in [-0.15, -0.1) is 0 Å². The second-order valence-corrected chi connectivity index (χ2v) is 6.05. The van der Waals surface area contributed by atoms with Crippen molar-refractivity contribution in [3.63, 3.8) is 0 Å². The van der Waals surface area contributed by atoms with E-state index < -0.39 is 0 Å². The molecule has 0 fully saturated rings.